The van der Waals surface area contributed by atoms with E-state index in [-0.39, 0.29) is 12.5 Å². The van der Waals surface area contributed by atoms with Gasteiger partial charge in [-0.15, -0.1) is 0 Å². The Labute approximate surface area is 131 Å². The number of fused-ring (bicyclic) bond motifs is 1. The topological polar surface area (TPSA) is 53.3 Å². The van der Waals surface area contributed by atoms with E-state index in [4.69, 9.17) is 10.00 Å². The molecule has 2 aliphatic rings. The molecule has 1 heterocycles. The van der Waals surface area contributed by atoms with Crippen LogP contribution in [-0.2, 0) is 4.79 Å². The van der Waals surface area contributed by atoms with Crippen LogP contribution in [0.1, 0.15) is 37.7 Å². The summed E-state index contributed by atoms with van der Waals surface area (Å²) in [5.74, 6) is 2.24. The first-order valence-electron chi connectivity index (χ1n) is 8.17. The lowest BCUT2D eigenvalue weighted by Crippen LogP contribution is -2.46. The van der Waals surface area contributed by atoms with Crippen LogP contribution in [0.2, 0.25) is 0 Å². The van der Waals surface area contributed by atoms with Crippen LogP contribution in [-0.4, -0.2) is 30.5 Å². The van der Waals surface area contributed by atoms with Crippen molar-refractivity contribution in [1.29, 1.82) is 5.26 Å². The van der Waals surface area contributed by atoms with Gasteiger partial charge in [0.25, 0.3) is 5.91 Å². The van der Waals surface area contributed by atoms with E-state index in [1.807, 2.05) is 4.90 Å². The number of ether oxygens (including phenoxy) is 1. The molecule has 1 aliphatic carbocycles. The predicted octanol–water partition coefficient (Wildman–Crippen LogP) is 2.98. The molecule has 1 saturated carbocycles. The average Bonchev–Trinajstić information content (AvgIpc) is 2.59. The van der Waals surface area contributed by atoms with Crippen LogP contribution in [0.25, 0.3) is 0 Å². The summed E-state index contributed by atoms with van der Waals surface area (Å²) in [6.07, 6.45) is 6.43. The number of hydrogen-bond donors (Lipinski definition) is 0. The second-order valence-electron chi connectivity index (χ2n) is 6.36. The summed E-state index contributed by atoms with van der Waals surface area (Å²) in [7, 11) is 0. The first-order chi connectivity index (χ1) is 10.8. The Morgan fingerprint density at radius 1 is 1.18 bits per heavy atom. The van der Waals surface area contributed by atoms with Crippen molar-refractivity contribution < 1.29 is 9.53 Å². The molecule has 22 heavy (non-hydrogen) atoms. The van der Waals surface area contributed by atoms with E-state index >= 15 is 0 Å². The normalized spacial score (nSPS) is 24.2. The molecule has 2 fully saturated rings. The Balaban J connectivity index is 1.50. The Kier molecular flexibility index (Phi) is 4.62. The highest BCUT2D eigenvalue weighted by molar-refractivity contribution is 5.77. The van der Waals surface area contributed by atoms with Gasteiger partial charge in [-0.3, -0.25) is 4.79 Å². The molecule has 1 aromatic rings. The predicted molar refractivity (Wildman–Crippen MR) is 83.3 cm³/mol. The summed E-state index contributed by atoms with van der Waals surface area (Å²) < 4.78 is 5.56. The van der Waals surface area contributed by atoms with Crippen molar-refractivity contribution in [2.45, 2.75) is 32.1 Å². The summed E-state index contributed by atoms with van der Waals surface area (Å²) in [6, 6.07) is 8.94. The van der Waals surface area contributed by atoms with Gasteiger partial charge >= 0.3 is 0 Å². The molecule has 3 rings (SSSR count). The van der Waals surface area contributed by atoms with Gasteiger partial charge in [-0.05, 0) is 48.9 Å². The molecule has 0 aromatic heterocycles. The molecule has 0 bridgehead atoms. The monoisotopic (exact) mass is 298 g/mol. The minimum absolute atomic E-state index is 0.0772. The van der Waals surface area contributed by atoms with E-state index in [0.717, 1.165) is 25.4 Å². The molecular formula is C18H22N2O2. The largest absolute Gasteiger partial charge is 0.484 e. The number of benzene rings is 1. The van der Waals surface area contributed by atoms with Crippen LogP contribution < -0.4 is 4.74 Å². The summed E-state index contributed by atoms with van der Waals surface area (Å²) >= 11 is 0. The maximum atomic E-state index is 12.3. The van der Waals surface area contributed by atoms with Crippen molar-refractivity contribution >= 4 is 5.91 Å². The van der Waals surface area contributed by atoms with Crippen molar-refractivity contribution in [3.05, 3.63) is 29.8 Å². The minimum atomic E-state index is 0.0772. The van der Waals surface area contributed by atoms with Crippen LogP contribution in [0.4, 0.5) is 0 Å². The second-order valence-corrected chi connectivity index (χ2v) is 6.36. The van der Waals surface area contributed by atoms with Crippen LogP contribution in [0.15, 0.2) is 24.3 Å². The lowest BCUT2D eigenvalue weighted by atomic mass is 9.75. The zero-order valence-electron chi connectivity index (χ0n) is 12.8. The molecule has 0 radical (unpaired) electrons. The molecule has 4 nitrogen and oxygen atoms in total. The number of hydrogen-bond acceptors (Lipinski definition) is 3. The van der Waals surface area contributed by atoms with Crippen LogP contribution >= 0.6 is 0 Å². The highest BCUT2D eigenvalue weighted by Gasteiger charge is 2.32. The van der Waals surface area contributed by atoms with E-state index in [9.17, 15) is 4.79 Å². The van der Waals surface area contributed by atoms with Gasteiger partial charge in [0, 0.05) is 13.1 Å². The third-order valence-electron chi connectivity index (χ3n) is 4.99. The molecule has 1 aliphatic heterocycles. The van der Waals surface area contributed by atoms with E-state index in [0.29, 0.717) is 17.2 Å². The molecule has 0 spiro atoms. The van der Waals surface area contributed by atoms with Gasteiger partial charge in [0.05, 0.1) is 11.6 Å². The Morgan fingerprint density at radius 3 is 2.64 bits per heavy atom. The number of nitriles is 1. The van der Waals surface area contributed by atoms with E-state index < -0.39 is 0 Å². The number of nitrogens with zero attached hydrogens (tertiary/aromatic N) is 2. The summed E-state index contributed by atoms with van der Waals surface area (Å²) in [6.45, 7) is 1.86. The molecule has 2 atom stereocenters. The van der Waals surface area contributed by atoms with Crippen molar-refractivity contribution in [1.82, 2.24) is 4.90 Å². The summed E-state index contributed by atoms with van der Waals surface area (Å²) in [4.78, 5) is 14.3. The third kappa shape index (κ3) is 3.41. The standard InChI is InChI=1S/C18H22N2O2/c19-11-14-5-7-17(8-6-14)22-13-18(21)20-10-9-15-3-1-2-4-16(15)12-20/h5-8,15-16H,1-4,9-10,12-13H2/t15-,16+/m1/s1. The fourth-order valence-corrected chi connectivity index (χ4v) is 3.69. The van der Waals surface area contributed by atoms with E-state index in [1.165, 1.54) is 25.7 Å². The zero-order valence-corrected chi connectivity index (χ0v) is 12.8. The molecule has 0 unspecified atom stereocenters. The van der Waals surface area contributed by atoms with Crippen LogP contribution in [0.3, 0.4) is 0 Å². The number of amides is 1. The first kappa shape index (κ1) is 14.9. The average molecular weight is 298 g/mol. The Bertz CT molecular complexity index is 561. The Morgan fingerprint density at radius 2 is 1.91 bits per heavy atom. The molecular weight excluding hydrogens is 276 g/mol. The number of piperidine rings is 1. The van der Waals surface area contributed by atoms with Gasteiger partial charge in [-0.25, -0.2) is 0 Å². The molecule has 116 valence electrons. The minimum Gasteiger partial charge on any atom is -0.484 e. The maximum Gasteiger partial charge on any atom is 0.260 e. The first-order valence-corrected chi connectivity index (χ1v) is 8.17. The maximum absolute atomic E-state index is 12.3. The van der Waals surface area contributed by atoms with Gasteiger partial charge in [0.15, 0.2) is 6.61 Å². The number of carbonyl (C=O) groups excluding carboxylic acids is 1. The van der Waals surface area contributed by atoms with Gasteiger partial charge in [-0.2, -0.15) is 5.26 Å². The molecule has 4 heteroatoms. The fourth-order valence-electron chi connectivity index (χ4n) is 3.69. The second kappa shape index (κ2) is 6.83. The smallest absolute Gasteiger partial charge is 0.260 e. The quantitative estimate of drug-likeness (QED) is 0.862. The van der Waals surface area contributed by atoms with E-state index in [2.05, 4.69) is 6.07 Å². The van der Waals surface area contributed by atoms with Crippen LogP contribution in [0, 0.1) is 23.2 Å². The van der Waals surface area contributed by atoms with Crippen molar-refractivity contribution in [3.63, 3.8) is 0 Å². The highest BCUT2D eigenvalue weighted by atomic mass is 16.5. The van der Waals surface area contributed by atoms with Crippen molar-refractivity contribution in [2.24, 2.45) is 11.8 Å². The highest BCUT2D eigenvalue weighted by Crippen LogP contribution is 2.36. The van der Waals surface area contributed by atoms with Gasteiger partial charge in [0.2, 0.25) is 0 Å². The van der Waals surface area contributed by atoms with Crippen LogP contribution in [0.5, 0.6) is 5.75 Å². The third-order valence-corrected chi connectivity index (χ3v) is 4.99. The number of rotatable bonds is 3. The van der Waals surface area contributed by atoms with Crippen molar-refractivity contribution in [2.75, 3.05) is 19.7 Å². The fraction of sp³-hybridized carbons (Fsp3) is 0.556. The van der Waals surface area contributed by atoms with Gasteiger partial charge in [0.1, 0.15) is 5.75 Å². The zero-order chi connectivity index (χ0) is 15.4. The lowest BCUT2D eigenvalue weighted by molar-refractivity contribution is -0.136. The molecule has 1 aromatic carbocycles. The summed E-state index contributed by atoms with van der Waals surface area (Å²) in [5, 5.41) is 8.76. The van der Waals surface area contributed by atoms with Gasteiger partial charge < -0.3 is 9.64 Å². The number of carbonyl (C=O) groups is 1. The van der Waals surface area contributed by atoms with E-state index in [1.54, 1.807) is 24.3 Å². The van der Waals surface area contributed by atoms with Crippen molar-refractivity contribution in [3.8, 4) is 11.8 Å². The lowest BCUT2D eigenvalue weighted by Gasteiger charge is -2.41. The SMILES string of the molecule is N#Cc1ccc(OCC(=O)N2CC[C@H]3CCCC[C@H]3C2)cc1. The number of likely N-dealkylation sites (tertiary alicyclic amines) is 1. The molecule has 1 saturated heterocycles. The Hall–Kier alpha value is -2.02. The van der Waals surface area contributed by atoms with Gasteiger partial charge in [-0.1, -0.05) is 19.3 Å². The summed E-state index contributed by atoms with van der Waals surface area (Å²) in [5.41, 5.74) is 0.595. The molecule has 0 N–H and O–H groups in total. The molecule has 1 amide bonds.